The van der Waals surface area contributed by atoms with E-state index in [0.717, 1.165) is 16.8 Å². The van der Waals surface area contributed by atoms with Crippen LogP contribution >= 0.6 is 0 Å². The van der Waals surface area contributed by atoms with Crippen molar-refractivity contribution in [3.05, 3.63) is 83.7 Å². The van der Waals surface area contributed by atoms with E-state index in [9.17, 15) is 9.18 Å². The van der Waals surface area contributed by atoms with Gasteiger partial charge in [-0.05, 0) is 54.4 Å². The molecule has 7 heteroatoms. The summed E-state index contributed by atoms with van der Waals surface area (Å²) < 4.78 is 29.5. The Morgan fingerprint density at radius 1 is 1.03 bits per heavy atom. The van der Waals surface area contributed by atoms with Crippen LogP contribution in [0.4, 0.5) is 10.1 Å². The largest absolute Gasteiger partial charge is 0.489 e. The van der Waals surface area contributed by atoms with Gasteiger partial charge in [0.1, 0.15) is 24.2 Å². The molecule has 1 aliphatic heterocycles. The highest BCUT2D eigenvalue weighted by Crippen LogP contribution is 2.35. The molecule has 0 radical (unpaired) electrons. The zero-order chi connectivity index (χ0) is 21.6. The first-order chi connectivity index (χ1) is 15.1. The highest BCUT2D eigenvalue weighted by atomic mass is 19.1. The number of anilines is 1. The van der Waals surface area contributed by atoms with Gasteiger partial charge in [0.25, 0.3) is 0 Å². The molecule has 2 N–H and O–H groups in total. The molecule has 1 atom stereocenters. The maximum absolute atomic E-state index is 13.0. The summed E-state index contributed by atoms with van der Waals surface area (Å²) in [6, 6.07) is 18.8. The van der Waals surface area contributed by atoms with Crippen LogP contribution in [0.15, 0.2) is 66.7 Å². The molecule has 4 rings (SSSR count). The molecule has 31 heavy (non-hydrogen) atoms. The zero-order valence-electron chi connectivity index (χ0n) is 17.1. The number of hydrogen-bond donors (Lipinski definition) is 2. The van der Waals surface area contributed by atoms with Crippen molar-refractivity contribution in [2.45, 2.75) is 26.1 Å². The Labute approximate surface area is 179 Å². The monoisotopic (exact) mass is 422 g/mol. The maximum Gasteiger partial charge on any atom is 0.242 e. The molecule has 0 aliphatic carbocycles. The van der Waals surface area contributed by atoms with Crippen LogP contribution in [-0.4, -0.2) is 18.7 Å². The van der Waals surface area contributed by atoms with Crippen LogP contribution in [0.1, 0.15) is 18.1 Å². The van der Waals surface area contributed by atoms with Gasteiger partial charge in [-0.15, -0.1) is 0 Å². The Kier molecular flexibility index (Phi) is 6.21. The standard InChI is InChI=1S/C24H23FN2O4/c1-16(24(28)26-13-17-5-7-19(25)8-6-17)27-20-4-2-3-18(11-20)14-29-21-9-10-22-23(12-21)31-15-30-22/h2-12,16,27H,13-15H2,1H3,(H,26,28). The molecule has 160 valence electrons. The van der Waals surface area contributed by atoms with Gasteiger partial charge in [-0.3, -0.25) is 4.79 Å². The molecule has 1 aliphatic rings. The van der Waals surface area contributed by atoms with Crippen LogP contribution in [-0.2, 0) is 17.9 Å². The summed E-state index contributed by atoms with van der Waals surface area (Å²) in [5.74, 6) is 1.63. The van der Waals surface area contributed by atoms with E-state index in [1.165, 1.54) is 12.1 Å². The molecule has 1 amide bonds. The molecule has 1 heterocycles. The molecule has 0 fully saturated rings. The fourth-order valence-corrected chi connectivity index (χ4v) is 3.14. The number of benzene rings is 3. The number of nitrogens with one attached hydrogen (secondary N) is 2. The molecule has 1 unspecified atom stereocenters. The number of amides is 1. The second-order valence-corrected chi connectivity index (χ2v) is 7.21. The topological polar surface area (TPSA) is 68.8 Å². The van der Waals surface area contributed by atoms with Gasteiger partial charge in [0.2, 0.25) is 12.7 Å². The minimum Gasteiger partial charge on any atom is -0.489 e. The lowest BCUT2D eigenvalue weighted by molar-refractivity contribution is -0.121. The Hall–Kier alpha value is -3.74. The lowest BCUT2D eigenvalue weighted by atomic mass is 10.2. The summed E-state index contributed by atoms with van der Waals surface area (Å²) >= 11 is 0. The van der Waals surface area contributed by atoms with Gasteiger partial charge in [0.05, 0.1) is 0 Å². The van der Waals surface area contributed by atoms with E-state index in [4.69, 9.17) is 14.2 Å². The highest BCUT2D eigenvalue weighted by Gasteiger charge is 2.14. The summed E-state index contributed by atoms with van der Waals surface area (Å²) in [4.78, 5) is 12.4. The second-order valence-electron chi connectivity index (χ2n) is 7.21. The first-order valence-corrected chi connectivity index (χ1v) is 9.97. The van der Waals surface area contributed by atoms with Gasteiger partial charge in [0.15, 0.2) is 11.5 Å². The van der Waals surface area contributed by atoms with Gasteiger partial charge in [-0.25, -0.2) is 4.39 Å². The summed E-state index contributed by atoms with van der Waals surface area (Å²) in [5, 5.41) is 6.04. The highest BCUT2D eigenvalue weighted by molar-refractivity contribution is 5.84. The van der Waals surface area contributed by atoms with Crippen molar-refractivity contribution in [1.82, 2.24) is 5.32 Å². The number of carbonyl (C=O) groups excluding carboxylic acids is 1. The van der Waals surface area contributed by atoms with Crippen molar-refractivity contribution in [2.75, 3.05) is 12.1 Å². The van der Waals surface area contributed by atoms with Crippen molar-refractivity contribution < 1.29 is 23.4 Å². The van der Waals surface area contributed by atoms with Gasteiger partial charge < -0.3 is 24.8 Å². The average Bonchev–Trinajstić information content (AvgIpc) is 3.25. The van der Waals surface area contributed by atoms with Crippen LogP contribution in [0.2, 0.25) is 0 Å². The third kappa shape index (κ3) is 5.45. The number of hydrogen-bond acceptors (Lipinski definition) is 5. The van der Waals surface area contributed by atoms with E-state index in [0.29, 0.717) is 30.4 Å². The number of fused-ring (bicyclic) bond motifs is 1. The SMILES string of the molecule is CC(Nc1cccc(COc2ccc3c(c2)OCO3)c1)C(=O)NCc1ccc(F)cc1. The van der Waals surface area contributed by atoms with E-state index < -0.39 is 6.04 Å². The third-order valence-electron chi connectivity index (χ3n) is 4.83. The molecule has 0 aromatic heterocycles. The quantitative estimate of drug-likeness (QED) is 0.568. The predicted octanol–water partition coefficient (Wildman–Crippen LogP) is 4.25. The van der Waals surface area contributed by atoms with E-state index in [1.807, 2.05) is 36.4 Å². The first kappa shape index (κ1) is 20.5. The average molecular weight is 422 g/mol. The van der Waals surface area contributed by atoms with Crippen LogP contribution in [0.3, 0.4) is 0 Å². The molecular weight excluding hydrogens is 399 g/mol. The predicted molar refractivity (Wildman–Crippen MR) is 115 cm³/mol. The van der Waals surface area contributed by atoms with Crippen molar-refractivity contribution >= 4 is 11.6 Å². The van der Waals surface area contributed by atoms with Crippen molar-refractivity contribution in [2.24, 2.45) is 0 Å². The molecular formula is C24H23FN2O4. The molecule has 3 aromatic rings. The maximum atomic E-state index is 13.0. The van der Waals surface area contributed by atoms with E-state index in [1.54, 1.807) is 25.1 Å². The number of halogens is 1. The van der Waals surface area contributed by atoms with Gasteiger partial charge in [-0.1, -0.05) is 24.3 Å². The Morgan fingerprint density at radius 3 is 2.68 bits per heavy atom. The minimum absolute atomic E-state index is 0.147. The van der Waals surface area contributed by atoms with Gasteiger partial charge in [0, 0.05) is 18.3 Å². The fraction of sp³-hybridized carbons (Fsp3) is 0.208. The normalized spacial score (nSPS) is 12.8. The minimum atomic E-state index is -0.439. The van der Waals surface area contributed by atoms with Gasteiger partial charge in [-0.2, -0.15) is 0 Å². The molecule has 6 nitrogen and oxygen atoms in total. The molecule has 0 bridgehead atoms. The Bertz CT molecular complexity index is 1060. The van der Waals surface area contributed by atoms with E-state index >= 15 is 0 Å². The summed E-state index contributed by atoms with van der Waals surface area (Å²) in [6.45, 7) is 2.73. The summed E-state index contributed by atoms with van der Waals surface area (Å²) in [7, 11) is 0. The number of carbonyl (C=O) groups is 1. The summed E-state index contributed by atoms with van der Waals surface area (Å²) in [6.07, 6.45) is 0. The molecule has 0 spiro atoms. The number of ether oxygens (including phenoxy) is 3. The zero-order valence-corrected chi connectivity index (χ0v) is 17.1. The van der Waals surface area contributed by atoms with Crippen molar-refractivity contribution in [3.63, 3.8) is 0 Å². The smallest absolute Gasteiger partial charge is 0.242 e. The lowest BCUT2D eigenvalue weighted by Gasteiger charge is -2.16. The van der Waals surface area contributed by atoms with Crippen LogP contribution < -0.4 is 24.8 Å². The van der Waals surface area contributed by atoms with Crippen LogP contribution in [0.25, 0.3) is 0 Å². The fourth-order valence-electron chi connectivity index (χ4n) is 3.14. The second kappa shape index (κ2) is 9.38. The van der Waals surface area contributed by atoms with Gasteiger partial charge >= 0.3 is 0 Å². The Morgan fingerprint density at radius 2 is 1.84 bits per heavy atom. The van der Waals surface area contributed by atoms with Crippen LogP contribution in [0, 0.1) is 5.82 Å². The number of rotatable bonds is 8. The molecule has 0 saturated heterocycles. The molecule has 3 aromatic carbocycles. The lowest BCUT2D eigenvalue weighted by Crippen LogP contribution is -2.37. The molecule has 0 saturated carbocycles. The summed E-state index contributed by atoms with van der Waals surface area (Å²) in [5.41, 5.74) is 2.61. The van der Waals surface area contributed by atoms with Crippen molar-refractivity contribution in [1.29, 1.82) is 0 Å². The Balaban J connectivity index is 1.29. The van der Waals surface area contributed by atoms with E-state index in [2.05, 4.69) is 10.6 Å². The van der Waals surface area contributed by atoms with E-state index in [-0.39, 0.29) is 18.5 Å². The van der Waals surface area contributed by atoms with Crippen molar-refractivity contribution in [3.8, 4) is 17.2 Å². The van der Waals surface area contributed by atoms with Crippen LogP contribution in [0.5, 0.6) is 17.2 Å². The first-order valence-electron chi connectivity index (χ1n) is 9.97. The third-order valence-corrected chi connectivity index (χ3v) is 4.83.